The molecule has 2 nitrogen and oxygen atoms in total. The largest absolute Gasteiger partial charge is 0.388 e. The third kappa shape index (κ3) is 2.96. The lowest BCUT2D eigenvalue weighted by atomic mass is 10.0. The summed E-state index contributed by atoms with van der Waals surface area (Å²) in [5, 5.41) is 12.3. The van der Waals surface area contributed by atoms with Gasteiger partial charge in [0.15, 0.2) is 0 Å². The number of thiophene rings is 1. The van der Waals surface area contributed by atoms with E-state index >= 15 is 0 Å². The Labute approximate surface area is 129 Å². The summed E-state index contributed by atoms with van der Waals surface area (Å²) < 4.78 is 2.33. The van der Waals surface area contributed by atoms with Crippen LogP contribution in [0.25, 0.3) is 10.2 Å². The highest BCUT2D eigenvalue weighted by atomic mass is 127. The maximum Gasteiger partial charge on any atom is 0.0845 e. The number of pyridine rings is 1. The van der Waals surface area contributed by atoms with Crippen LogP contribution in [0.5, 0.6) is 0 Å². The Kier molecular flexibility index (Phi) is 3.81. The van der Waals surface area contributed by atoms with Gasteiger partial charge in [0, 0.05) is 21.8 Å². The van der Waals surface area contributed by atoms with E-state index in [-0.39, 0.29) is 0 Å². The molecule has 2 aromatic heterocycles. The molecule has 4 heteroatoms. The SMILES string of the molecule is OC(Cc1ccc(I)cc1)c1cnc2ccsc2c1. The van der Waals surface area contributed by atoms with Crippen molar-refractivity contribution in [2.75, 3.05) is 0 Å². The fourth-order valence-electron chi connectivity index (χ4n) is 2.01. The number of hydrogen-bond donors (Lipinski definition) is 1. The quantitative estimate of drug-likeness (QED) is 0.691. The Morgan fingerprint density at radius 2 is 2.00 bits per heavy atom. The lowest BCUT2D eigenvalue weighted by Gasteiger charge is -2.11. The number of halogens is 1. The van der Waals surface area contributed by atoms with Crippen LogP contribution in [0.15, 0.2) is 48.0 Å². The molecule has 0 aliphatic rings. The predicted molar refractivity (Wildman–Crippen MR) is 87.4 cm³/mol. The minimum absolute atomic E-state index is 0.501. The van der Waals surface area contributed by atoms with Gasteiger partial charge in [0.1, 0.15) is 0 Å². The van der Waals surface area contributed by atoms with Gasteiger partial charge in [-0.05, 0) is 57.8 Å². The van der Waals surface area contributed by atoms with Crippen LogP contribution < -0.4 is 0 Å². The van der Waals surface area contributed by atoms with Gasteiger partial charge in [-0.3, -0.25) is 4.98 Å². The molecule has 0 spiro atoms. The van der Waals surface area contributed by atoms with Gasteiger partial charge in [0.25, 0.3) is 0 Å². The molecular formula is C15H12INOS. The normalized spacial score (nSPS) is 12.7. The van der Waals surface area contributed by atoms with Crippen molar-refractivity contribution in [2.24, 2.45) is 0 Å². The maximum absolute atomic E-state index is 10.3. The van der Waals surface area contributed by atoms with Crippen molar-refractivity contribution < 1.29 is 5.11 Å². The first kappa shape index (κ1) is 13.0. The van der Waals surface area contributed by atoms with Gasteiger partial charge < -0.3 is 5.11 Å². The first-order chi connectivity index (χ1) is 9.22. The van der Waals surface area contributed by atoms with Crippen LogP contribution in [-0.4, -0.2) is 10.1 Å². The topological polar surface area (TPSA) is 33.1 Å². The molecule has 0 aliphatic heterocycles. The van der Waals surface area contributed by atoms with Gasteiger partial charge in [-0.2, -0.15) is 0 Å². The van der Waals surface area contributed by atoms with Crippen molar-refractivity contribution in [1.29, 1.82) is 0 Å². The highest BCUT2D eigenvalue weighted by Gasteiger charge is 2.10. The smallest absolute Gasteiger partial charge is 0.0845 e. The van der Waals surface area contributed by atoms with Crippen molar-refractivity contribution in [2.45, 2.75) is 12.5 Å². The van der Waals surface area contributed by atoms with E-state index in [0.29, 0.717) is 6.42 Å². The van der Waals surface area contributed by atoms with E-state index in [1.54, 1.807) is 17.5 Å². The zero-order valence-corrected chi connectivity index (χ0v) is 13.1. The number of hydrogen-bond acceptors (Lipinski definition) is 3. The fraction of sp³-hybridized carbons (Fsp3) is 0.133. The zero-order chi connectivity index (χ0) is 13.2. The second-order valence-corrected chi connectivity index (χ2v) is 6.61. The number of benzene rings is 1. The Hall–Kier alpha value is -0.980. The Morgan fingerprint density at radius 3 is 2.79 bits per heavy atom. The van der Waals surface area contributed by atoms with Crippen LogP contribution in [0, 0.1) is 3.57 Å². The van der Waals surface area contributed by atoms with Crippen LogP contribution in [0.4, 0.5) is 0 Å². The number of aliphatic hydroxyl groups is 1. The first-order valence-corrected chi connectivity index (χ1v) is 7.94. The number of aliphatic hydroxyl groups excluding tert-OH is 1. The van der Waals surface area contributed by atoms with E-state index in [4.69, 9.17) is 0 Å². The molecule has 2 heterocycles. The Morgan fingerprint density at radius 1 is 1.21 bits per heavy atom. The summed E-state index contributed by atoms with van der Waals surface area (Å²) in [5.41, 5.74) is 3.02. The molecule has 1 N–H and O–H groups in total. The van der Waals surface area contributed by atoms with Gasteiger partial charge >= 0.3 is 0 Å². The molecule has 0 bridgehead atoms. The second-order valence-electron chi connectivity index (χ2n) is 4.42. The van der Waals surface area contributed by atoms with Gasteiger partial charge in [-0.15, -0.1) is 11.3 Å². The van der Waals surface area contributed by atoms with Gasteiger partial charge in [0.05, 0.1) is 16.3 Å². The van der Waals surface area contributed by atoms with Crippen molar-refractivity contribution in [3.63, 3.8) is 0 Å². The van der Waals surface area contributed by atoms with Crippen LogP contribution in [-0.2, 0) is 6.42 Å². The van der Waals surface area contributed by atoms with Gasteiger partial charge in [-0.25, -0.2) is 0 Å². The van der Waals surface area contributed by atoms with E-state index in [2.05, 4.69) is 51.8 Å². The number of aromatic nitrogens is 1. The Bertz CT molecular complexity index is 693. The molecule has 0 fully saturated rings. The molecule has 1 aromatic carbocycles. The average Bonchev–Trinajstić information content (AvgIpc) is 2.88. The van der Waals surface area contributed by atoms with Crippen molar-refractivity contribution in [1.82, 2.24) is 4.98 Å². The van der Waals surface area contributed by atoms with Crippen LogP contribution in [0.3, 0.4) is 0 Å². The van der Waals surface area contributed by atoms with Crippen molar-refractivity contribution in [3.8, 4) is 0 Å². The monoisotopic (exact) mass is 381 g/mol. The van der Waals surface area contributed by atoms with Gasteiger partial charge in [0.2, 0.25) is 0 Å². The summed E-state index contributed by atoms with van der Waals surface area (Å²) in [6.07, 6.45) is 1.89. The van der Waals surface area contributed by atoms with Crippen LogP contribution >= 0.6 is 33.9 Å². The molecule has 96 valence electrons. The summed E-state index contributed by atoms with van der Waals surface area (Å²) in [5.74, 6) is 0. The Balaban J connectivity index is 1.82. The minimum atomic E-state index is -0.501. The highest BCUT2D eigenvalue weighted by molar-refractivity contribution is 14.1. The summed E-state index contributed by atoms with van der Waals surface area (Å²) in [4.78, 5) is 4.37. The predicted octanol–water partition coefficient (Wildman–Crippen LogP) is 4.18. The molecular weight excluding hydrogens is 369 g/mol. The molecule has 1 unspecified atom stereocenters. The van der Waals surface area contributed by atoms with Crippen LogP contribution in [0.1, 0.15) is 17.2 Å². The number of nitrogens with zero attached hydrogens (tertiary/aromatic N) is 1. The van der Waals surface area contributed by atoms with Crippen molar-refractivity contribution >= 4 is 44.1 Å². The first-order valence-electron chi connectivity index (χ1n) is 5.98. The lowest BCUT2D eigenvalue weighted by molar-refractivity contribution is 0.178. The summed E-state index contributed by atoms with van der Waals surface area (Å²) in [6.45, 7) is 0. The van der Waals surface area contributed by atoms with E-state index in [9.17, 15) is 5.11 Å². The average molecular weight is 381 g/mol. The number of fused-ring (bicyclic) bond motifs is 1. The van der Waals surface area contributed by atoms with Crippen molar-refractivity contribution in [3.05, 3.63) is 62.7 Å². The summed E-state index contributed by atoms with van der Waals surface area (Å²) in [6, 6.07) is 12.3. The van der Waals surface area contributed by atoms with E-state index in [1.807, 2.05) is 17.5 Å². The standard InChI is InChI=1S/C15H12INOS/c16-12-3-1-10(2-4-12)7-14(18)11-8-15-13(17-9-11)5-6-19-15/h1-6,8-9,14,18H,7H2. The molecule has 3 aromatic rings. The minimum Gasteiger partial charge on any atom is -0.388 e. The zero-order valence-electron chi connectivity index (χ0n) is 10.1. The molecule has 0 saturated carbocycles. The van der Waals surface area contributed by atoms with Gasteiger partial charge in [-0.1, -0.05) is 12.1 Å². The summed E-state index contributed by atoms with van der Waals surface area (Å²) >= 11 is 3.93. The molecule has 0 radical (unpaired) electrons. The highest BCUT2D eigenvalue weighted by Crippen LogP contribution is 2.24. The molecule has 19 heavy (non-hydrogen) atoms. The van der Waals surface area contributed by atoms with E-state index in [0.717, 1.165) is 21.3 Å². The summed E-state index contributed by atoms with van der Waals surface area (Å²) in [7, 11) is 0. The third-order valence-electron chi connectivity index (χ3n) is 3.05. The molecule has 0 aliphatic carbocycles. The maximum atomic E-state index is 10.3. The fourth-order valence-corrected chi connectivity index (χ4v) is 3.15. The van der Waals surface area contributed by atoms with E-state index < -0.39 is 6.10 Å². The second kappa shape index (κ2) is 5.56. The molecule has 1 atom stereocenters. The van der Waals surface area contributed by atoms with E-state index in [1.165, 1.54) is 3.57 Å². The number of rotatable bonds is 3. The molecule has 3 rings (SSSR count). The molecule has 0 saturated heterocycles. The third-order valence-corrected chi connectivity index (χ3v) is 4.62. The lowest BCUT2D eigenvalue weighted by Crippen LogP contribution is -2.02. The van der Waals surface area contributed by atoms with Crippen LogP contribution in [0.2, 0.25) is 0 Å². The molecule has 0 amide bonds.